The Kier molecular flexibility index (Phi) is 6.47. The lowest BCUT2D eigenvalue weighted by atomic mass is 9.98. The molecule has 0 aliphatic carbocycles. The van der Waals surface area contributed by atoms with Crippen LogP contribution in [0.1, 0.15) is 39.5 Å². The second kappa shape index (κ2) is 9.22. The quantitative estimate of drug-likeness (QED) is 0.612. The van der Waals surface area contributed by atoms with E-state index in [9.17, 15) is 14.7 Å². The molecule has 3 rings (SSSR count). The van der Waals surface area contributed by atoms with Gasteiger partial charge in [-0.05, 0) is 36.6 Å². The molecule has 6 nitrogen and oxygen atoms in total. The molecule has 154 valence electrons. The van der Waals surface area contributed by atoms with Crippen molar-refractivity contribution in [3.05, 3.63) is 83.0 Å². The number of carbonyl (C=O) groups is 2. The minimum absolute atomic E-state index is 0.217. The third-order valence-electron chi connectivity index (χ3n) is 4.88. The van der Waals surface area contributed by atoms with Gasteiger partial charge in [0.25, 0.3) is 5.91 Å². The summed E-state index contributed by atoms with van der Waals surface area (Å²) in [5.41, 5.74) is 4.67. The van der Waals surface area contributed by atoms with Gasteiger partial charge in [0.2, 0.25) is 5.88 Å². The van der Waals surface area contributed by atoms with E-state index in [2.05, 4.69) is 10.3 Å². The van der Waals surface area contributed by atoms with Crippen LogP contribution in [0, 0.1) is 13.8 Å². The van der Waals surface area contributed by atoms with Crippen molar-refractivity contribution < 1.29 is 19.4 Å². The number of hydrogen-bond donors (Lipinski definition) is 2. The first-order chi connectivity index (χ1) is 14.4. The number of nitrogens with zero attached hydrogens (tertiary/aromatic N) is 1. The summed E-state index contributed by atoms with van der Waals surface area (Å²) in [5, 5.41) is 12.2. The van der Waals surface area contributed by atoms with E-state index in [1.54, 1.807) is 6.07 Å². The van der Waals surface area contributed by atoms with Crippen LogP contribution >= 0.6 is 0 Å². The van der Waals surface area contributed by atoms with Crippen LogP contribution in [-0.4, -0.2) is 29.1 Å². The Labute approximate surface area is 175 Å². The SMILES string of the molecule is COc1ncc(C(=O)N[C@@H](CC(=O)O)c2ccccc2C)cc1-c1cccc(C)c1. The second-order valence-corrected chi connectivity index (χ2v) is 7.13. The predicted octanol–water partition coefficient (Wildman–Crippen LogP) is 4.32. The normalized spacial score (nSPS) is 11.6. The van der Waals surface area contributed by atoms with E-state index in [0.29, 0.717) is 17.0 Å². The third-order valence-corrected chi connectivity index (χ3v) is 4.88. The van der Waals surface area contributed by atoms with E-state index < -0.39 is 17.9 Å². The molecule has 0 fully saturated rings. The van der Waals surface area contributed by atoms with Gasteiger partial charge in [-0.25, -0.2) is 4.98 Å². The zero-order valence-corrected chi connectivity index (χ0v) is 17.2. The fourth-order valence-corrected chi connectivity index (χ4v) is 3.39. The molecule has 2 aromatic carbocycles. The number of aryl methyl sites for hydroxylation is 2. The molecule has 0 unspecified atom stereocenters. The highest BCUT2D eigenvalue weighted by Crippen LogP contribution is 2.30. The Bertz CT molecular complexity index is 1080. The van der Waals surface area contributed by atoms with Crippen molar-refractivity contribution >= 4 is 11.9 Å². The third kappa shape index (κ3) is 4.84. The highest BCUT2D eigenvalue weighted by atomic mass is 16.5. The van der Waals surface area contributed by atoms with Gasteiger partial charge in [0.1, 0.15) is 0 Å². The molecule has 3 aromatic rings. The molecule has 1 amide bonds. The molecule has 0 saturated heterocycles. The number of hydrogen-bond acceptors (Lipinski definition) is 4. The smallest absolute Gasteiger partial charge is 0.305 e. The van der Waals surface area contributed by atoms with Gasteiger partial charge in [-0.2, -0.15) is 0 Å². The number of methoxy groups -OCH3 is 1. The summed E-state index contributed by atoms with van der Waals surface area (Å²) in [6, 6.07) is 16.3. The van der Waals surface area contributed by atoms with Gasteiger partial charge < -0.3 is 15.2 Å². The van der Waals surface area contributed by atoms with Crippen molar-refractivity contribution in [1.29, 1.82) is 0 Å². The van der Waals surface area contributed by atoms with Gasteiger partial charge in [-0.15, -0.1) is 0 Å². The molecule has 0 bridgehead atoms. The number of carboxylic acid groups (broad SMARTS) is 1. The van der Waals surface area contributed by atoms with E-state index in [1.165, 1.54) is 13.3 Å². The average Bonchev–Trinajstić information content (AvgIpc) is 2.72. The molecule has 30 heavy (non-hydrogen) atoms. The molecule has 2 N–H and O–H groups in total. The molecule has 6 heteroatoms. The first-order valence-electron chi connectivity index (χ1n) is 9.58. The maximum atomic E-state index is 13.0. The molecule has 0 spiro atoms. The number of carboxylic acids is 1. The van der Waals surface area contributed by atoms with Gasteiger partial charge in [0.05, 0.1) is 25.1 Å². The monoisotopic (exact) mass is 404 g/mol. The summed E-state index contributed by atoms with van der Waals surface area (Å²) in [6.45, 7) is 3.87. The van der Waals surface area contributed by atoms with Crippen LogP contribution in [0.25, 0.3) is 11.1 Å². The van der Waals surface area contributed by atoms with Crippen LogP contribution in [0.4, 0.5) is 0 Å². The Morgan fingerprint density at radius 2 is 1.87 bits per heavy atom. The van der Waals surface area contributed by atoms with Crippen molar-refractivity contribution in [2.45, 2.75) is 26.3 Å². The zero-order valence-electron chi connectivity index (χ0n) is 17.2. The van der Waals surface area contributed by atoms with Gasteiger partial charge in [-0.1, -0.05) is 54.1 Å². The van der Waals surface area contributed by atoms with Crippen molar-refractivity contribution in [1.82, 2.24) is 10.3 Å². The number of pyridine rings is 1. The number of ether oxygens (including phenoxy) is 1. The van der Waals surface area contributed by atoms with Crippen LogP contribution in [-0.2, 0) is 4.79 Å². The molecule has 0 aliphatic heterocycles. The predicted molar refractivity (Wildman–Crippen MR) is 115 cm³/mol. The van der Waals surface area contributed by atoms with Crippen LogP contribution in [0.15, 0.2) is 60.8 Å². The maximum Gasteiger partial charge on any atom is 0.305 e. The van der Waals surface area contributed by atoms with Crippen molar-refractivity contribution in [3.63, 3.8) is 0 Å². The minimum Gasteiger partial charge on any atom is -0.481 e. The van der Waals surface area contributed by atoms with Gasteiger partial charge in [0.15, 0.2) is 0 Å². The summed E-state index contributed by atoms with van der Waals surface area (Å²) in [5.74, 6) is -0.969. The fraction of sp³-hybridized carbons (Fsp3) is 0.208. The first-order valence-corrected chi connectivity index (χ1v) is 9.58. The number of carbonyl (C=O) groups excluding carboxylic acids is 1. The number of rotatable bonds is 7. The Hall–Kier alpha value is -3.67. The van der Waals surface area contributed by atoms with Crippen molar-refractivity contribution in [2.24, 2.45) is 0 Å². The van der Waals surface area contributed by atoms with Crippen molar-refractivity contribution in [2.75, 3.05) is 7.11 Å². The number of nitrogens with one attached hydrogen (secondary N) is 1. The summed E-state index contributed by atoms with van der Waals surface area (Å²) in [6.07, 6.45) is 1.22. The zero-order chi connectivity index (χ0) is 21.7. The molecule has 1 atom stereocenters. The highest BCUT2D eigenvalue weighted by molar-refractivity contribution is 5.96. The average molecular weight is 404 g/mol. The first kappa shape index (κ1) is 21.0. The van der Waals surface area contributed by atoms with E-state index in [1.807, 2.05) is 62.4 Å². The fourth-order valence-electron chi connectivity index (χ4n) is 3.39. The lowest BCUT2D eigenvalue weighted by molar-refractivity contribution is -0.137. The van der Waals surface area contributed by atoms with Gasteiger partial charge in [-0.3, -0.25) is 9.59 Å². The van der Waals surface area contributed by atoms with Crippen LogP contribution in [0.5, 0.6) is 5.88 Å². The molecule has 0 radical (unpaired) electrons. The standard InChI is InChI=1S/C24H24N2O4/c1-15-7-6-9-17(11-15)20-12-18(14-25-24(20)30-3)23(29)26-21(13-22(27)28)19-10-5-4-8-16(19)2/h4-12,14,21H,13H2,1-3H3,(H,26,29)(H,27,28)/t21-/m0/s1. The summed E-state index contributed by atoms with van der Waals surface area (Å²) >= 11 is 0. The summed E-state index contributed by atoms with van der Waals surface area (Å²) in [7, 11) is 1.53. The molecule has 0 saturated carbocycles. The molecule has 1 aromatic heterocycles. The second-order valence-electron chi connectivity index (χ2n) is 7.13. The molecular weight excluding hydrogens is 380 g/mol. The lowest BCUT2D eigenvalue weighted by Gasteiger charge is -2.20. The number of aliphatic carboxylic acids is 1. The van der Waals surface area contributed by atoms with Crippen LogP contribution in [0.2, 0.25) is 0 Å². The minimum atomic E-state index is -0.989. The summed E-state index contributed by atoms with van der Waals surface area (Å²) < 4.78 is 5.37. The van der Waals surface area contributed by atoms with Gasteiger partial charge in [0, 0.05) is 11.8 Å². The van der Waals surface area contributed by atoms with Crippen LogP contribution in [0.3, 0.4) is 0 Å². The van der Waals surface area contributed by atoms with Crippen molar-refractivity contribution in [3.8, 4) is 17.0 Å². The molecule has 1 heterocycles. The summed E-state index contributed by atoms with van der Waals surface area (Å²) in [4.78, 5) is 28.7. The van der Waals surface area contributed by atoms with Crippen LogP contribution < -0.4 is 10.1 Å². The Balaban J connectivity index is 1.94. The van der Waals surface area contributed by atoms with E-state index >= 15 is 0 Å². The largest absolute Gasteiger partial charge is 0.481 e. The molecule has 0 aliphatic rings. The topological polar surface area (TPSA) is 88.5 Å². The highest BCUT2D eigenvalue weighted by Gasteiger charge is 2.21. The van der Waals surface area contributed by atoms with E-state index in [-0.39, 0.29) is 6.42 Å². The molecular formula is C24H24N2O4. The van der Waals surface area contributed by atoms with E-state index in [0.717, 1.165) is 22.3 Å². The maximum absolute atomic E-state index is 13.0. The number of benzene rings is 2. The Morgan fingerprint density at radius 3 is 2.53 bits per heavy atom. The lowest BCUT2D eigenvalue weighted by Crippen LogP contribution is -2.30. The number of aromatic nitrogens is 1. The van der Waals surface area contributed by atoms with Gasteiger partial charge >= 0.3 is 5.97 Å². The Morgan fingerprint density at radius 1 is 1.10 bits per heavy atom. The number of amides is 1. The van der Waals surface area contributed by atoms with E-state index in [4.69, 9.17) is 4.74 Å².